The highest BCUT2D eigenvalue weighted by Crippen LogP contribution is 2.30. The Kier molecular flexibility index (Phi) is 4.22. The van der Waals surface area contributed by atoms with Gasteiger partial charge in [-0.1, -0.05) is 11.3 Å². The molecule has 0 atom stereocenters. The van der Waals surface area contributed by atoms with E-state index in [1.807, 2.05) is 11.8 Å². The number of carbonyl (C=O) groups is 1. The van der Waals surface area contributed by atoms with Gasteiger partial charge >= 0.3 is 0 Å². The zero-order valence-corrected chi connectivity index (χ0v) is 14.3. The second-order valence-corrected chi connectivity index (χ2v) is 7.65. The second-order valence-electron chi connectivity index (χ2n) is 5.66. The van der Waals surface area contributed by atoms with Gasteiger partial charge in [-0.2, -0.15) is 16.8 Å². The molecule has 1 saturated carbocycles. The molecule has 1 fully saturated rings. The highest BCUT2D eigenvalue weighted by molar-refractivity contribution is 7.98. The molecule has 1 aromatic carbocycles. The number of hydrogen-bond donors (Lipinski definition) is 0. The number of aryl methyl sites for hydroxylation is 3. The highest BCUT2D eigenvalue weighted by atomic mass is 32.2. The molecule has 1 amide bonds. The maximum Gasteiger partial charge on any atom is 0.251 e. The van der Waals surface area contributed by atoms with Crippen LogP contribution in [0.15, 0.2) is 17.1 Å². The number of thiazole rings is 1. The highest BCUT2D eigenvalue weighted by Gasteiger charge is 2.29. The number of fused-ring (bicyclic) bond motifs is 1. The lowest BCUT2D eigenvalue weighted by Gasteiger charge is -2.05. The summed E-state index contributed by atoms with van der Waals surface area (Å²) in [6, 6.07) is 4.44. The van der Waals surface area contributed by atoms with Crippen molar-refractivity contribution in [3.63, 3.8) is 0 Å². The van der Waals surface area contributed by atoms with Crippen LogP contribution >= 0.6 is 23.1 Å². The third kappa shape index (κ3) is 3.09. The summed E-state index contributed by atoms with van der Waals surface area (Å²) >= 11 is 3.46. The molecular weight excluding hydrogens is 300 g/mol. The number of benzene rings is 1. The van der Waals surface area contributed by atoms with Gasteiger partial charge in [-0.25, -0.2) is 0 Å². The molecule has 0 spiro atoms. The predicted octanol–water partition coefficient (Wildman–Crippen LogP) is 3.52. The molecule has 5 heteroatoms. The number of aromatic nitrogens is 1. The molecule has 0 unspecified atom stereocenters. The molecule has 1 aliphatic carbocycles. The second kappa shape index (κ2) is 5.97. The van der Waals surface area contributed by atoms with Gasteiger partial charge in [0.1, 0.15) is 0 Å². The summed E-state index contributed by atoms with van der Waals surface area (Å²) in [7, 11) is 0. The van der Waals surface area contributed by atoms with E-state index in [2.05, 4.69) is 41.8 Å². The molecule has 0 saturated heterocycles. The van der Waals surface area contributed by atoms with Gasteiger partial charge in [0.2, 0.25) is 0 Å². The van der Waals surface area contributed by atoms with E-state index in [0.29, 0.717) is 0 Å². The minimum atomic E-state index is 0.0629. The van der Waals surface area contributed by atoms with Crippen molar-refractivity contribution in [2.75, 3.05) is 12.0 Å². The summed E-state index contributed by atoms with van der Waals surface area (Å²) in [5, 5.41) is 0. The van der Waals surface area contributed by atoms with Crippen LogP contribution in [0.25, 0.3) is 10.2 Å². The topological polar surface area (TPSA) is 34.4 Å². The Bertz CT molecular complexity index is 753. The van der Waals surface area contributed by atoms with Crippen LogP contribution in [0, 0.1) is 19.8 Å². The Morgan fingerprint density at radius 2 is 2.10 bits per heavy atom. The number of thioether (sulfide) groups is 1. The Balaban J connectivity index is 2.14. The van der Waals surface area contributed by atoms with Crippen LogP contribution in [0.2, 0.25) is 0 Å². The van der Waals surface area contributed by atoms with Crippen LogP contribution in [0.5, 0.6) is 0 Å². The van der Waals surface area contributed by atoms with Crippen LogP contribution < -0.4 is 4.80 Å². The van der Waals surface area contributed by atoms with Gasteiger partial charge < -0.3 is 4.57 Å². The Morgan fingerprint density at radius 3 is 2.76 bits per heavy atom. The molecule has 3 rings (SSSR count). The quantitative estimate of drug-likeness (QED) is 0.864. The molecule has 0 N–H and O–H groups in total. The first-order valence-corrected chi connectivity index (χ1v) is 9.49. The lowest BCUT2D eigenvalue weighted by atomic mass is 10.1. The summed E-state index contributed by atoms with van der Waals surface area (Å²) in [5.41, 5.74) is 3.79. The molecule has 1 aliphatic rings. The molecule has 0 radical (unpaired) electrons. The third-order valence-corrected chi connectivity index (χ3v) is 5.58. The van der Waals surface area contributed by atoms with Gasteiger partial charge in [0, 0.05) is 18.2 Å². The number of nitrogens with zero attached hydrogens (tertiary/aromatic N) is 2. The van der Waals surface area contributed by atoms with Crippen molar-refractivity contribution in [2.45, 2.75) is 33.2 Å². The average Bonchev–Trinajstić information content (AvgIpc) is 3.24. The molecule has 0 bridgehead atoms. The van der Waals surface area contributed by atoms with Crippen molar-refractivity contribution < 1.29 is 4.79 Å². The van der Waals surface area contributed by atoms with E-state index in [1.54, 1.807) is 11.3 Å². The van der Waals surface area contributed by atoms with Crippen molar-refractivity contribution in [1.29, 1.82) is 0 Å². The fourth-order valence-corrected chi connectivity index (χ4v) is 3.83. The Hall–Kier alpha value is -1.07. The molecule has 1 aromatic heterocycles. The first-order valence-electron chi connectivity index (χ1n) is 7.28. The maximum absolute atomic E-state index is 12.0. The van der Waals surface area contributed by atoms with Gasteiger partial charge in [-0.15, -0.1) is 0 Å². The smallest absolute Gasteiger partial charge is 0.251 e. The van der Waals surface area contributed by atoms with Gasteiger partial charge in [-0.05, 0) is 56.2 Å². The molecule has 1 heterocycles. The van der Waals surface area contributed by atoms with Gasteiger partial charge in [0.25, 0.3) is 5.91 Å². The van der Waals surface area contributed by atoms with Gasteiger partial charge in [0.15, 0.2) is 4.80 Å². The minimum absolute atomic E-state index is 0.0629. The van der Waals surface area contributed by atoms with Gasteiger partial charge in [0.05, 0.1) is 10.2 Å². The molecule has 21 heavy (non-hydrogen) atoms. The SMILES string of the molecule is CSCCn1c(=NC(=O)C2CC2)sc2cc(C)c(C)cc21. The minimum Gasteiger partial charge on any atom is -0.316 e. The van der Waals surface area contributed by atoms with Crippen molar-refractivity contribution in [2.24, 2.45) is 10.9 Å². The van der Waals surface area contributed by atoms with Crippen molar-refractivity contribution in [1.82, 2.24) is 4.57 Å². The van der Waals surface area contributed by atoms with Crippen LogP contribution in [0.1, 0.15) is 24.0 Å². The molecule has 2 aromatic rings. The number of rotatable bonds is 4. The molecule has 3 nitrogen and oxygen atoms in total. The maximum atomic E-state index is 12.0. The van der Waals surface area contributed by atoms with E-state index < -0.39 is 0 Å². The predicted molar refractivity (Wildman–Crippen MR) is 91.0 cm³/mol. The lowest BCUT2D eigenvalue weighted by molar-refractivity contribution is -0.119. The number of amides is 1. The molecule has 112 valence electrons. The van der Waals surface area contributed by atoms with Crippen LogP contribution in [-0.2, 0) is 11.3 Å². The van der Waals surface area contributed by atoms with E-state index in [1.165, 1.54) is 21.3 Å². The largest absolute Gasteiger partial charge is 0.316 e. The summed E-state index contributed by atoms with van der Waals surface area (Å²) in [6.07, 6.45) is 4.13. The monoisotopic (exact) mass is 320 g/mol. The van der Waals surface area contributed by atoms with E-state index in [-0.39, 0.29) is 11.8 Å². The fraction of sp³-hybridized carbons (Fsp3) is 0.500. The fourth-order valence-electron chi connectivity index (χ4n) is 2.32. The van der Waals surface area contributed by atoms with Gasteiger partial charge in [-0.3, -0.25) is 4.79 Å². The zero-order chi connectivity index (χ0) is 15.0. The van der Waals surface area contributed by atoms with Crippen LogP contribution in [0.3, 0.4) is 0 Å². The normalized spacial score (nSPS) is 15.9. The lowest BCUT2D eigenvalue weighted by Crippen LogP contribution is -2.18. The standard InChI is InChI=1S/C16H20N2OS2/c1-10-8-13-14(9-11(10)2)21-16(18(13)6-7-20-3)17-15(19)12-4-5-12/h8-9,12H,4-7H2,1-3H3. The van der Waals surface area contributed by atoms with E-state index in [9.17, 15) is 4.79 Å². The van der Waals surface area contributed by atoms with Crippen molar-refractivity contribution >= 4 is 39.2 Å². The first kappa shape index (κ1) is 14.9. The molecular formula is C16H20N2OS2. The van der Waals surface area contributed by atoms with E-state index in [4.69, 9.17) is 0 Å². The summed E-state index contributed by atoms with van der Waals surface area (Å²) in [6.45, 7) is 5.17. The van der Waals surface area contributed by atoms with E-state index in [0.717, 1.165) is 29.9 Å². The zero-order valence-electron chi connectivity index (χ0n) is 12.7. The average molecular weight is 320 g/mol. The van der Waals surface area contributed by atoms with Crippen LogP contribution in [0.4, 0.5) is 0 Å². The first-order chi connectivity index (χ1) is 10.1. The Morgan fingerprint density at radius 1 is 1.38 bits per heavy atom. The Labute approximate surface area is 133 Å². The summed E-state index contributed by atoms with van der Waals surface area (Å²) in [5.74, 6) is 1.28. The van der Waals surface area contributed by atoms with Crippen molar-refractivity contribution in [3.05, 3.63) is 28.1 Å². The summed E-state index contributed by atoms with van der Waals surface area (Å²) in [4.78, 5) is 17.3. The summed E-state index contributed by atoms with van der Waals surface area (Å²) < 4.78 is 3.44. The number of hydrogen-bond acceptors (Lipinski definition) is 3. The van der Waals surface area contributed by atoms with Crippen molar-refractivity contribution in [3.8, 4) is 0 Å². The van der Waals surface area contributed by atoms with Crippen LogP contribution in [-0.4, -0.2) is 22.5 Å². The van der Waals surface area contributed by atoms with E-state index >= 15 is 0 Å². The third-order valence-electron chi connectivity index (χ3n) is 3.95. The molecule has 0 aliphatic heterocycles. The number of carbonyl (C=O) groups excluding carboxylic acids is 1.